The molecule has 1 aliphatic rings. The van der Waals surface area contributed by atoms with Crippen molar-refractivity contribution in [3.63, 3.8) is 0 Å². The van der Waals surface area contributed by atoms with Crippen molar-refractivity contribution in [1.29, 1.82) is 0 Å². The number of benzene rings is 1. The third kappa shape index (κ3) is 3.56. The molecule has 0 aromatic heterocycles. The molecule has 1 aromatic carbocycles. The van der Waals surface area contributed by atoms with E-state index in [0.717, 1.165) is 19.1 Å². The van der Waals surface area contributed by atoms with E-state index >= 15 is 0 Å². The average Bonchev–Trinajstić information content (AvgIpc) is 2.90. The van der Waals surface area contributed by atoms with Crippen LogP contribution in [0.15, 0.2) is 24.3 Å². The Hall–Kier alpha value is -0.860. The maximum atomic E-state index is 3.22. The molecule has 1 fully saturated rings. The molecule has 2 heteroatoms. The lowest BCUT2D eigenvalue weighted by molar-refractivity contribution is 0.200. The Labute approximate surface area is 111 Å². The van der Waals surface area contributed by atoms with E-state index in [2.05, 4.69) is 41.4 Å². The summed E-state index contributed by atoms with van der Waals surface area (Å²) in [4.78, 5) is 2.64. The smallest absolute Gasteiger partial charge is 0.0236 e. The molecule has 0 aliphatic heterocycles. The van der Waals surface area contributed by atoms with Gasteiger partial charge in [-0.05, 0) is 37.6 Å². The van der Waals surface area contributed by atoms with E-state index in [9.17, 15) is 0 Å². The van der Waals surface area contributed by atoms with Crippen molar-refractivity contribution in [1.82, 2.24) is 10.2 Å². The predicted octanol–water partition coefficient (Wildman–Crippen LogP) is 3.17. The molecule has 0 spiro atoms. The summed E-state index contributed by atoms with van der Waals surface area (Å²) in [6.07, 6.45) is 5.62. The van der Waals surface area contributed by atoms with Crippen molar-refractivity contribution in [2.24, 2.45) is 0 Å². The van der Waals surface area contributed by atoms with Gasteiger partial charge in [0.25, 0.3) is 0 Å². The fourth-order valence-electron chi connectivity index (χ4n) is 3.05. The lowest BCUT2D eigenvalue weighted by Crippen LogP contribution is -2.32. The topological polar surface area (TPSA) is 15.3 Å². The van der Waals surface area contributed by atoms with Crippen molar-refractivity contribution in [3.8, 4) is 0 Å². The highest BCUT2D eigenvalue weighted by Gasteiger charge is 2.21. The van der Waals surface area contributed by atoms with Crippen LogP contribution in [0, 0.1) is 0 Å². The second-order valence-electron chi connectivity index (χ2n) is 5.35. The Balaban J connectivity index is 1.99. The number of hydrogen-bond acceptors (Lipinski definition) is 2. The zero-order valence-electron chi connectivity index (χ0n) is 11.8. The van der Waals surface area contributed by atoms with Crippen LogP contribution in [0.2, 0.25) is 0 Å². The highest BCUT2D eigenvalue weighted by molar-refractivity contribution is 5.23. The third-order valence-corrected chi connectivity index (χ3v) is 4.01. The van der Waals surface area contributed by atoms with E-state index in [1.165, 1.54) is 43.4 Å². The van der Waals surface area contributed by atoms with Gasteiger partial charge in [-0.1, -0.05) is 44.0 Å². The third-order valence-electron chi connectivity index (χ3n) is 4.01. The molecule has 2 rings (SSSR count). The predicted molar refractivity (Wildman–Crippen MR) is 77.5 cm³/mol. The number of nitrogens with one attached hydrogen (secondary N) is 1. The van der Waals surface area contributed by atoms with E-state index in [0.29, 0.717) is 0 Å². The van der Waals surface area contributed by atoms with Crippen molar-refractivity contribution in [2.45, 2.75) is 51.7 Å². The van der Waals surface area contributed by atoms with Crippen LogP contribution in [0.3, 0.4) is 0 Å². The van der Waals surface area contributed by atoms with E-state index in [1.807, 2.05) is 7.05 Å². The summed E-state index contributed by atoms with van der Waals surface area (Å²) in [5.41, 5.74) is 2.84. The summed E-state index contributed by atoms with van der Waals surface area (Å²) in [5, 5.41) is 3.22. The first-order chi connectivity index (χ1) is 8.83. The lowest BCUT2D eigenvalue weighted by atomic mass is 10.1. The summed E-state index contributed by atoms with van der Waals surface area (Å²) in [6, 6.07) is 9.81. The van der Waals surface area contributed by atoms with Crippen molar-refractivity contribution < 1.29 is 0 Å². The van der Waals surface area contributed by atoms with Gasteiger partial charge in [0.1, 0.15) is 0 Å². The first kappa shape index (κ1) is 13.6. The van der Waals surface area contributed by atoms with Gasteiger partial charge in [0.2, 0.25) is 0 Å². The van der Waals surface area contributed by atoms with Gasteiger partial charge in [0.15, 0.2) is 0 Å². The monoisotopic (exact) mass is 246 g/mol. The summed E-state index contributed by atoms with van der Waals surface area (Å²) in [6.45, 7) is 5.53. The summed E-state index contributed by atoms with van der Waals surface area (Å²) in [5.74, 6) is 0. The van der Waals surface area contributed by atoms with Crippen molar-refractivity contribution in [2.75, 3.05) is 13.6 Å². The molecule has 0 saturated heterocycles. The van der Waals surface area contributed by atoms with Crippen LogP contribution >= 0.6 is 0 Å². The van der Waals surface area contributed by atoms with Gasteiger partial charge in [0.05, 0.1) is 0 Å². The van der Waals surface area contributed by atoms with Crippen LogP contribution < -0.4 is 5.32 Å². The lowest BCUT2D eigenvalue weighted by Gasteiger charge is -2.27. The summed E-state index contributed by atoms with van der Waals surface area (Å²) in [7, 11) is 2.00. The van der Waals surface area contributed by atoms with Crippen LogP contribution in [0.5, 0.6) is 0 Å². The minimum atomic E-state index is 0.822. The van der Waals surface area contributed by atoms with E-state index in [4.69, 9.17) is 0 Å². The van der Waals surface area contributed by atoms with Crippen LogP contribution in [0.1, 0.15) is 43.7 Å². The molecule has 2 nitrogen and oxygen atoms in total. The molecule has 0 unspecified atom stereocenters. The highest BCUT2D eigenvalue weighted by Crippen LogP contribution is 2.24. The number of nitrogens with zero attached hydrogens (tertiary/aromatic N) is 1. The minimum absolute atomic E-state index is 0.822. The molecule has 1 aliphatic carbocycles. The second kappa shape index (κ2) is 6.91. The van der Waals surface area contributed by atoms with Gasteiger partial charge in [-0.3, -0.25) is 4.90 Å². The van der Waals surface area contributed by atoms with E-state index in [-0.39, 0.29) is 0 Å². The normalized spacial score (nSPS) is 16.6. The Kier molecular flexibility index (Phi) is 5.21. The molecule has 1 aromatic rings. The molecule has 18 heavy (non-hydrogen) atoms. The molecular formula is C16H26N2. The largest absolute Gasteiger partial charge is 0.316 e. The van der Waals surface area contributed by atoms with Crippen LogP contribution in [0.25, 0.3) is 0 Å². The van der Waals surface area contributed by atoms with Gasteiger partial charge in [-0.25, -0.2) is 0 Å². The molecule has 0 radical (unpaired) electrons. The zero-order valence-corrected chi connectivity index (χ0v) is 11.8. The summed E-state index contributed by atoms with van der Waals surface area (Å²) < 4.78 is 0. The Bertz CT molecular complexity index is 356. The average molecular weight is 246 g/mol. The van der Waals surface area contributed by atoms with Crippen LogP contribution in [0.4, 0.5) is 0 Å². The van der Waals surface area contributed by atoms with Gasteiger partial charge < -0.3 is 5.32 Å². The van der Waals surface area contributed by atoms with Crippen LogP contribution in [-0.2, 0) is 13.1 Å². The number of rotatable bonds is 6. The van der Waals surface area contributed by atoms with E-state index in [1.54, 1.807) is 0 Å². The SMILES string of the molecule is CCN(Cc1cccc(CNC)c1)C1CCCC1. The van der Waals surface area contributed by atoms with Gasteiger partial charge >= 0.3 is 0 Å². The maximum Gasteiger partial charge on any atom is 0.0236 e. The minimum Gasteiger partial charge on any atom is -0.316 e. The highest BCUT2D eigenvalue weighted by atomic mass is 15.1. The van der Waals surface area contributed by atoms with Gasteiger partial charge in [0, 0.05) is 19.1 Å². The summed E-state index contributed by atoms with van der Waals surface area (Å²) >= 11 is 0. The van der Waals surface area contributed by atoms with E-state index < -0.39 is 0 Å². The first-order valence-corrected chi connectivity index (χ1v) is 7.30. The molecule has 0 heterocycles. The maximum absolute atomic E-state index is 3.22. The Morgan fingerprint density at radius 1 is 1.22 bits per heavy atom. The van der Waals surface area contributed by atoms with Crippen molar-refractivity contribution in [3.05, 3.63) is 35.4 Å². The van der Waals surface area contributed by atoms with Gasteiger partial charge in [-0.2, -0.15) is 0 Å². The molecule has 0 atom stereocenters. The van der Waals surface area contributed by atoms with Crippen molar-refractivity contribution >= 4 is 0 Å². The molecule has 1 N–H and O–H groups in total. The standard InChI is InChI=1S/C16H26N2/c1-3-18(16-9-4-5-10-16)13-15-8-6-7-14(11-15)12-17-2/h6-8,11,16-17H,3-5,9-10,12-13H2,1-2H3. The molecule has 0 bridgehead atoms. The fourth-order valence-corrected chi connectivity index (χ4v) is 3.05. The van der Waals surface area contributed by atoms with Gasteiger partial charge in [-0.15, -0.1) is 0 Å². The molecule has 1 saturated carbocycles. The second-order valence-corrected chi connectivity index (χ2v) is 5.35. The Morgan fingerprint density at radius 2 is 1.94 bits per heavy atom. The molecular weight excluding hydrogens is 220 g/mol. The van der Waals surface area contributed by atoms with Crippen LogP contribution in [-0.4, -0.2) is 24.5 Å². The molecule has 100 valence electrons. The first-order valence-electron chi connectivity index (χ1n) is 7.30. The molecule has 0 amide bonds. The fraction of sp³-hybridized carbons (Fsp3) is 0.625. The number of hydrogen-bond donors (Lipinski definition) is 1. The zero-order chi connectivity index (χ0) is 12.8. The quantitative estimate of drug-likeness (QED) is 0.829. The Morgan fingerprint density at radius 3 is 2.61 bits per heavy atom.